The van der Waals surface area contributed by atoms with E-state index in [-0.39, 0.29) is 25.8 Å². The van der Waals surface area contributed by atoms with E-state index in [1.807, 2.05) is 0 Å². The lowest BCUT2D eigenvalue weighted by molar-refractivity contribution is -0.141. The summed E-state index contributed by atoms with van der Waals surface area (Å²) in [5.41, 5.74) is 1.06. The molecule has 0 aliphatic carbocycles. The first-order valence-corrected chi connectivity index (χ1v) is 9.02. The lowest BCUT2D eigenvalue weighted by Crippen LogP contribution is -2.15. The number of thioether (sulfide) groups is 1. The van der Waals surface area contributed by atoms with E-state index in [0.717, 1.165) is 0 Å². The minimum Gasteiger partial charge on any atom is -0.467 e. The summed E-state index contributed by atoms with van der Waals surface area (Å²) < 4.78 is 29.4. The average Bonchev–Trinajstić information content (AvgIpc) is 2.60. The van der Waals surface area contributed by atoms with Gasteiger partial charge < -0.3 is 14.2 Å². The van der Waals surface area contributed by atoms with Gasteiger partial charge in [-0.2, -0.15) is 0 Å². The van der Waals surface area contributed by atoms with E-state index < -0.39 is 11.8 Å². The minimum absolute atomic E-state index is 0.0571. The molecule has 3 rings (SSSR count). The van der Waals surface area contributed by atoms with E-state index in [1.165, 1.54) is 23.9 Å². The Hall–Kier alpha value is -1.47. The highest BCUT2D eigenvalue weighted by Gasteiger charge is 2.18. The van der Waals surface area contributed by atoms with E-state index in [2.05, 4.69) is 0 Å². The van der Waals surface area contributed by atoms with Crippen LogP contribution in [0.5, 0.6) is 5.75 Å². The second-order valence-corrected chi connectivity index (χ2v) is 7.05. The van der Waals surface area contributed by atoms with Crippen molar-refractivity contribution in [1.29, 1.82) is 0 Å². The van der Waals surface area contributed by atoms with Crippen molar-refractivity contribution in [2.75, 3.05) is 12.5 Å². The third-order valence-corrected chi connectivity index (χ3v) is 5.08. The first-order valence-electron chi connectivity index (χ1n) is 7.28. The molecule has 1 heterocycles. The van der Waals surface area contributed by atoms with Crippen LogP contribution in [-0.4, -0.2) is 18.5 Å². The Kier molecular flexibility index (Phi) is 6.06. The Morgan fingerprint density at radius 2 is 2.12 bits per heavy atom. The van der Waals surface area contributed by atoms with Gasteiger partial charge in [-0.3, -0.25) is 4.79 Å². The lowest BCUT2D eigenvalue weighted by Gasteiger charge is -2.20. The van der Waals surface area contributed by atoms with Crippen LogP contribution in [0.1, 0.15) is 11.1 Å². The summed E-state index contributed by atoms with van der Waals surface area (Å²) in [6.45, 7) is 0.266. The molecule has 25 heavy (non-hydrogen) atoms. The van der Waals surface area contributed by atoms with Crippen LogP contribution in [0.25, 0.3) is 0 Å². The smallest absolute Gasteiger partial charge is 0.316 e. The molecule has 1 aliphatic heterocycles. The number of carbonyl (C=O) groups excluding carboxylic acids is 1. The van der Waals surface area contributed by atoms with E-state index in [9.17, 15) is 9.18 Å². The molecule has 132 valence electrons. The van der Waals surface area contributed by atoms with Gasteiger partial charge in [-0.25, -0.2) is 4.39 Å². The summed E-state index contributed by atoms with van der Waals surface area (Å²) in [4.78, 5) is 12.7. The van der Waals surface area contributed by atoms with E-state index in [4.69, 9.17) is 37.4 Å². The maximum absolute atomic E-state index is 13.6. The molecular weight excluding hydrogens is 390 g/mol. The molecule has 0 amide bonds. The van der Waals surface area contributed by atoms with Gasteiger partial charge in [-0.15, -0.1) is 11.8 Å². The number of rotatable bonds is 5. The number of benzene rings is 2. The highest BCUT2D eigenvalue weighted by molar-refractivity contribution is 8.00. The molecule has 2 aromatic carbocycles. The van der Waals surface area contributed by atoms with Gasteiger partial charge in [-0.05, 0) is 30.3 Å². The van der Waals surface area contributed by atoms with Crippen molar-refractivity contribution < 1.29 is 23.4 Å². The number of halogens is 3. The zero-order chi connectivity index (χ0) is 17.8. The Balaban J connectivity index is 1.59. The first kappa shape index (κ1) is 18.3. The van der Waals surface area contributed by atoms with Crippen molar-refractivity contribution in [2.24, 2.45) is 0 Å². The molecule has 8 heteroatoms. The fourth-order valence-corrected chi connectivity index (χ4v) is 3.58. The average molecular weight is 403 g/mol. The molecule has 0 bridgehead atoms. The van der Waals surface area contributed by atoms with E-state index >= 15 is 0 Å². The Morgan fingerprint density at radius 1 is 1.28 bits per heavy atom. The van der Waals surface area contributed by atoms with Gasteiger partial charge in [0.25, 0.3) is 0 Å². The normalized spacial score (nSPS) is 13.1. The fraction of sp³-hybridized carbons (Fsp3) is 0.235. The van der Waals surface area contributed by atoms with E-state index in [0.29, 0.717) is 31.8 Å². The molecule has 0 radical (unpaired) electrons. The van der Waals surface area contributed by atoms with Gasteiger partial charge in [-0.1, -0.05) is 23.2 Å². The zero-order valence-corrected chi connectivity index (χ0v) is 15.2. The van der Waals surface area contributed by atoms with Crippen molar-refractivity contribution in [3.63, 3.8) is 0 Å². The van der Waals surface area contributed by atoms with Crippen molar-refractivity contribution >= 4 is 40.9 Å². The monoisotopic (exact) mass is 402 g/mol. The van der Waals surface area contributed by atoms with Gasteiger partial charge in [0, 0.05) is 21.0 Å². The van der Waals surface area contributed by atoms with Crippen molar-refractivity contribution in [3.05, 3.63) is 57.3 Å². The van der Waals surface area contributed by atoms with Crippen LogP contribution in [0.2, 0.25) is 10.0 Å². The van der Waals surface area contributed by atoms with Crippen LogP contribution in [0.4, 0.5) is 4.39 Å². The fourth-order valence-electron chi connectivity index (χ4n) is 2.29. The van der Waals surface area contributed by atoms with Crippen molar-refractivity contribution in [3.8, 4) is 5.75 Å². The summed E-state index contributed by atoms with van der Waals surface area (Å²) in [5.74, 6) is -0.322. The Labute approximate surface area is 158 Å². The molecular formula is C17H13Cl2FO4S. The Bertz CT molecular complexity index is 800. The summed E-state index contributed by atoms with van der Waals surface area (Å²) >= 11 is 13.2. The maximum Gasteiger partial charge on any atom is 0.316 e. The molecule has 2 aromatic rings. The number of ether oxygens (including phenoxy) is 3. The zero-order valence-electron chi connectivity index (χ0n) is 12.9. The number of carbonyl (C=O) groups is 1. The molecule has 0 saturated carbocycles. The minimum atomic E-state index is -0.453. The van der Waals surface area contributed by atoms with Gasteiger partial charge in [0.05, 0.1) is 17.4 Å². The number of fused-ring (bicyclic) bond motifs is 1. The first-order chi connectivity index (χ1) is 12.0. The molecule has 0 saturated heterocycles. The van der Waals surface area contributed by atoms with Crippen LogP contribution in [0.3, 0.4) is 0 Å². The largest absolute Gasteiger partial charge is 0.467 e. The van der Waals surface area contributed by atoms with Crippen molar-refractivity contribution in [2.45, 2.75) is 18.1 Å². The third-order valence-electron chi connectivity index (χ3n) is 3.38. The number of esters is 1. The van der Waals surface area contributed by atoms with Gasteiger partial charge in [0.2, 0.25) is 0 Å². The predicted octanol–water partition coefficient (Wildman–Crippen LogP) is 4.83. The van der Waals surface area contributed by atoms with Crippen LogP contribution >= 0.6 is 35.0 Å². The number of hydrogen-bond acceptors (Lipinski definition) is 5. The standard InChI is InChI=1S/C17H13Cl2FO4S/c18-12-1-2-14(19)15(5-12)25-8-16(21)23-7-11-4-13(20)3-10-6-22-9-24-17(10)11/h1-5H,6-9H2. The summed E-state index contributed by atoms with van der Waals surface area (Å²) in [6.07, 6.45) is 0. The van der Waals surface area contributed by atoms with Crippen LogP contribution in [0.15, 0.2) is 35.2 Å². The van der Waals surface area contributed by atoms with Gasteiger partial charge in [0.1, 0.15) is 18.2 Å². The molecule has 4 nitrogen and oxygen atoms in total. The molecule has 0 atom stereocenters. The topological polar surface area (TPSA) is 44.8 Å². The van der Waals surface area contributed by atoms with Gasteiger partial charge in [0.15, 0.2) is 6.79 Å². The maximum atomic E-state index is 13.6. The highest BCUT2D eigenvalue weighted by atomic mass is 35.5. The molecule has 0 unspecified atom stereocenters. The summed E-state index contributed by atoms with van der Waals surface area (Å²) in [5, 5.41) is 1.04. The van der Waals surface area contributed by atoms with Crippen molar-refractivity contribution in [1.82, 2.24) is 0 Å². The quantitative estimate of drug-likeness (QED) is 0.529. The van der Waals surface area contributed by atoms with Crippen LogP contribution in [-0.2, 0) is 27.5 Å². The van der Waals surface area contributed by atoms with Gasteiger partial charge >= 0.3 is 5.97 Å². The molecule has 0 N–H and O–H groups in total. The summed E-state index contributed by atoms with van der Waals surface area (Å²) in [7, 11) is 0. The predicted molar refractivity (Wildman–Crippen MR) is 93.7 cm³/mol. The molecule has 0 fully saturated rings. The third kappa shape index (κ3) is 4.79. The Morgan fingerprint density at radius 3 is 2.96 bits per heavy atom. The number of hydrogen-bond donors (Lipinski definition) is 0. The molecule has 1 aliphatic rings. The summed E-state index contributed by atoms with van der Waals surface area (Å²) in [6, 6.07) is 7.65. The van der Waals surface area contributed by atoms with Crippen LogP contribution < -0.4 is 4.74 Å². The second kappa shape index (κ2) is 8.27. The SMILES string of the molecule is O=C(CSc1cc(Cl)ccc1Cl)OCc1cc(F)cc2c1OCOC2. The molecule has 0 aromatic heterocycles. The second-order valence-electron chi connectivity index (χ2n) is 5.19. The molecule has 0 spiro atoms. The van der Waals surface area contributed by atoms with Crippen LogP contribution in [0, 0.1) is 5.82 Å². The lowest BCUT2D eigenvalue weighted by atomic mass is 10.1. The highest BCUT2D eigenvalue weighted by Crippen LogP contribution is 2.31. The van der Waals surface area contributed by atoms with E-state index in [1.54, 1.807) is 18.2 Å².